The first-order valence-corrected chi connectivity index (χ1v) is 7.33. The van der Waals surface area contributed by atoms with Gasteiger partial charge in [-0.05, 0) is 42.2 Å². The molecule has 0 bridgehead atoms. The maximum Gasteiger partial charge on any atom is 0.0432 e. The molecule has 20 heavy (non-hydrogen) atoms. The van der Waals surface area contributed by atoms with Crippen LogP contribution in [0.3, 0.4) is 0 Å². The summed E-state index contributed by atoms with van der Waals surface area (Å²) < 4.78 is 0. The third-order valence-electron chi connectivity index (χ3n) is 3.65. The van der Waals surface area contributed by atoms with E-state index in [1.807, 2.05) is 0 Å². The Bertz CT molecular complexity index is 531. The van der Waals surface area contributed by atoms with Gasteiger partial charge in [0.15, 0.2) is 0 Å². The van der Waals surface area contributed by atoms with E-state index in [9.17, 15) is 0 Å². The number of nitrogens with zero attached hydrogens (tertiary/aromatic N) is 1. The van der Waals surface area contributed by atoms with Crippen LogP contribution in [0.15, 0.2) is 48.5 Å². The summed E-state index contributed by atoms with van der Waals surface area (Å²) in [4.78, 5) is 2.43. The van der Waals surface area contributed by atoms with E-state index in [0.717, 1.165) is 19.5 Å². The average molecular weight is 268 g/mol. The lowest BCUT2D eigenvalue weighted by Crippen LogP contribution is -2.23. The number of benzene rings is 2. The minimum Gasteiger partial charge on any atom is -0.367 e. The minimum absolute atomic E-state index is 0.603. The molecule has 0 atom stereocenters. The highest BCUT2D eigenvalue weighted by Crippen LogP contribution is 2.20. The van der Waals surface area contributed by atoms with Gasteiger partial charge in [-0.15, -0.1) is 0 Å². The van der Waals surface area contributed by atoms with Crippen molar-refractivity contribution >= 4 is 5.69 Å². The molecule has 2 rings (SSSR count). The van der Waals surface area contributed by atoms with Gasteiger partial charge in [0.25, 0.3) is 0 Å². The molecule has 0 aliphatic rings. The molecule has 2 N–H and O–H groups in total. The van der Waals surface area contributed by atoms with Crippen LogP contribution in [0.4, 0.5) is 5.69 Å². The number of hydrogen-bond donors (Lipinski definition) is 1. The number of aryl methyl sites for hydroxylation is 1. The fraction of sp³-hybridized carbons (Fsp3) is 0.333. The first-order valence-electron chi connectivity index (χ1n) is 7.33. The van der Waals surface area contributed by atoms with Crippen LogP contribution in [0.2, 0.25) is 0 Å². The normalized spacial score (nSPS) is 10.6. The van der Waals surface area contributed by atoms with Gasteiger partial charge in [0, 0.05) is 25.3 Å². The van der Waals surface area contributed by atoms with Crippen LogP contribution >= 0.6 is 0 Å². The van der Waals surface area contributed by atoms with Gasteiger partial charge in [-0.1, -0.05) is 43.3 Å². The van der Waals surface area contributed by atoms with E-state index >= 15 is 0 Å². The minimum atomic E-state index is 0.603. The lowest BCUT2D eigenvalue weighted by molar-refractivity contribution is 0.764. The van der Waals surface area contributed by atoms with Crippen molar-refractivity contribution < 1.29 is 0 Å². The van der Waals surface area contributed by atoms with Crippen molar-refractivity contribution in [3.8, 4) is 0 Å². The molecular weight excluding hydrogens is 244 g/mol. The first kappa shape index (κ1) is 14.6. The predicted molar refractivity (Wildman–Crippen MR) is 86.9 cm³/mol. The summed E-state index contributed by atoms with van der Waals surface area (Å²) in [5, 5.41) is 0. The maximum absolute atomic E-state index is 5.66. The van der Waals surface area contributed by atoms with Crippen LogP contribution in [-0.2, 0) is 13.1 Å². The summed E-state index contributed by atoms with van der Waals surface area (Å²) in [7, 11) is 0. The van der Waals surface area contributed by atoms with Crippen molar-refractivity contribution in [1.29, 1.82) is 0 Å². The highest BCUT2D eigenvalue weighted by atomic mass is 15.1. The Morgan fingerprint density at radius 1 is 1.00 bits per heavy atom. The second-order valence-corrected chi connectivity index (χ2v) is 5.22. The largest absolute Gasteiger partial charge is 0.367 e. The van der Waals surface area contributed by atoms with Gasteiger partial charge >= 0.3 is 0 Å². The number of anilines is 1. The molecule has 0 amide bonds. The Labute approximate surface area is 122 Å². The monoisotopic (exact) mass is 268 g/mol. The third kappa shape index (κ3) is 3.61. The van der Waals surface area contributed by atoms with Crippen molar-refractivity contribution in [2.24, 2.45) is 5.73 Å². The van der Waals surface area contributed by atoms with Crippen LogP contribution in [0, 0.1) is 6.92 Å². The highest BCUT2D eigenvalue weighted by Gasteiger charge is 2.08. The summed E-state index contributed by atoms with van der Waals surface area (Å²) >= 11 is 0. The molecule has 2 nitrogen and oxygen atoms in total. The SMILES string of the molecule is CCCN(Cc1ccccc1C)c1ccc(CN)cc1. The van der Waals surface area contributed by atoms with Gasteiger partial charge in [-0.3, -0.25) is 0 Å². The van der Waals surface area contributed by atoms with Gasteiger partial charge in [0.2, 0.25) is 0 Å². The molecule has 0 aromatic heterocycles. The molecule has 2 heteroatoms. The Kier molecular flexibility index (Phi) is 5.19. The van der Waals surface area contributed by atoms with Crippen molar-refractivity contribution in [1.82, 2.24) is 0 Å². The summed E-state index contributed by atoms with van der Waals surface area (Å²) in [5.74, 6) is 0. The van der Waals surface area contributed by atoms with Gasteiger partial charge in [-0.2, -0.15) is 0 Å². The standard InChI is InChI=1S/C18H24N2/c1-3-12-20(14-17-7-5-4-6-15(17)2)18-10-8-16(13-19)9-11-18/h4-11H,3,12-14,19H2,1-2H3. The van der Waals surface area contributed by atoms with E-state index in [2.05, 4.69) is 67.3 Å². The number of hydrogen-bond acceptors (Lipinski definition) is 2. The van der Waals surface area contributed by atoms with Crippen LogP contribution < -0.4 is 10.6 Å². The molecule has 2 aromatic carbocycles. The van der Waals surface area contributed by atoms with E-state index in [0.29, 0.717) is 6.54 Å². The summed E-state index contributed by atoms with van der Waals surface area (Å²) in [6.07, 6.45) is 1.14. The number of nitrogens with two attached hydrogens (primary N) is 1. The zero-order chi connectivity index (χ0) is 14.4. The van der Waals surface area contributed by atoms with Crippen LogP contribution in [0.1, 0.15) is 30.0 Å². The molecular formula is C18H24N2. The summed E-state index contributed by atoms with van der Waals surface area (Å²) in [6, 6.07) is 17.2. The van der Waals surface area contributed by atoms with Crippen LogP contribution in [-0.4, -0.2) is 6.54 Å². The maximum atomic E-state index is 5.66. The van der Waals surface area contributed by atoms with Crippen molar-refractivity contribution in [3.05, 3.63) is 65.2 Å². The molecule has 2 aromatic rings. The fourth-order valence-corrected chi connectivity index (χ4v) is 2.41. The fourth-order valence-electron chi connectivity index (χ4n) is 2.41. The topological polar surface area (TPSA) is 29.3 Å². The van der Waals surface area contributed by atoms with Crippen LogP contribution in [0.25, 0.3) is 0 Å². The molecule has 0 aliphatic carbocycles. The van der Waals surface area contributed by atoms with Crippen molar-refractivity contribution in [2.75, 3.05) is 11.4 Å². The van der Waals surface area contributed by atoms with E-state index in [4.69, 9.17) is 5.73 Å². The average Bonchev–Trinajstić information content (AvgIpc) is 2.49. The van der Waals surface area contributed by atoms with Crippen molar-refractivity contribution in [2.45, 2.75) is 33.4 Å². The Hall–Kier alpha value is -1.80. The Morgan fingerprint density at radius 2 is 1.70 bits per heavy atom. The molecule has 0 unspecified atom stereocenters. The lowest BCUT2D eigenvalue weighted by Gasteiger charge is -2.25. The van der Waals surface area contributed by atoms with Gasteiger partial charge in [0.05, 0.1) is 0 Å². The van der Waals surface area contributed by atoms with E-state index in [-0.39, 0.29) is 0 Å². The van der Waals surface area contributed by atoms with Gasteiger partial charge in [-0.25, -0.2) is 0 Å². The summed E-state index contributed by atoms with van der Waals surface area (Å²) in [5.41, 5.74) is 10.9. The molecule has 0 spiro atoms. The molecule has 0 radical (unpaired) electrons. The zero-order valence-electron chi connectivity index (χ0n) is 12.5. The molecule has 0 aliphatic heterocycles. The summed E-state index contributed by atoms with van der Waals surface area (Å²) in [6.45, 7) is 7.03. The quantitative estimate of drug-likeness (QED) is 0.861. The molecule has 0 fully saturated rings. The first-order chi connectivity index (χ1) is 9.74. The second kappa shape index (κ2) is 7.11. The molecule has 0 heterocycles. The zero-order valence-corrected chi connectivity index (χ0v) is 12.5. The highest BCUT2D eigenvalue weighted by molar-refractivity contribution is 5.48. The third-order valence-corrected chi connectivity index (χ3v) is 3.65. The van der Waals surface area contributed by atoms with Crippen LogP contribution in [0.5, 0.6) is 0 Å². The number of rotatable bonds is 6. The molecule has 0 saturated carbocycles. The van der Waals surface area contributed by atoms with E-state index in [1.54, 1.807) is 0 Å². The lowest BCUT2D eigenvalue weighted by atomic mass is 10.1. The smallest absolute Gasteiger partial charge is 0.0432 e. The van der Waals surface area contributed by atoms with Gasteiger partial charge < -0.3 is 10.6 Å². The van der Waals surface area contributed by atoms with Gasteiger partial charge in [0.1, 0.15) is 0 Å². The molecule has 0 saturated heterocycles. The molecule has 106 valence electrons. The Morgan fingerprint density at radius 3 is 2.30 bits per heavy atom. The van der Waals surface area contributed by atoms with Crippen molar-refractivity contribution in [3.63, 3.8) is 0 Å². The Balaban J connectivity index is 2.19. The van der Waals surface area contributed by atoms with E-state index < -0.39 is 0 Å². The van der Waals surface area contributed by atoms with E-state index in [1.165, 1.54) is 22.4 Å². The predicted octanol–water partition coefficient (Wildman–Crippen LogP) is 3.87. The second-order valence-electron chi connectivity index (χ2n) is 5.22.